The maximum Gasteiger partial charge on any atom is 0.303 e. The zero-order valence-electron chi connectivity index (χ0n) is 9.95. The molecule has 0 saturated heterocycles. The highest BCUT2D eigenvalue weighted by atomic mass is 16.4. The van der Waals surface area contributed by atoms with E-state index in [4.69, 9.17) is 5.11 Å². The minimum Gasteiger partial charge on any atom is -0.481 e. The summed E-state index contributed by atoms with van der Waals surface area (Å²) in [5, 5.41) is 8.49. The summed E-state index contributed by atoms with van der Waals surface area (Å²) in [4.78, 5) is 24.0. The van der Waals surface area contributed by atoms with Gasteiger partial charge in [0.15, 0.2) is 0 Å². The maximum atomic E-state index is 11.8. The largest absolute Gasteiger partial charge is 0.481 e. The van der Waals surface area contributed by atoms with Crippen LogP contribution >= 0.6 is 0 Å². The molecule has 1 aliphatic carbocycles. The molecule has 0 unspecified atom stereocenters. The summed E-state index contributed by atoms with van der Waals surface area (Å²) in [6.07, 6.45) is 4.67. The summed E-state index contributed by atoms with van der Waals surface area (Å²) in [5.41, 5.74) is 0. The molecule has 1 amide bonds. The Labute approximate surface area is 96.6 Å². The number of carboxylic acids is 1. The number of carbonyl (C=O) groups is 2. The lowest BCUT2D eigenvalue weighted by Gasteiger charge is -2.31. The van der Waals surface area contributed by atoms with Crippen molar-refractivity contribution in [2.45, 2.75) is 45.4 Å². The van der Waals surface area contributed by atoms with Crippen molar-refractivity contribution in [1.82, 2.24) is 4.90 Å². The molecule has 0 aromatic rings. The second-order valence-corrected chi connectivity index (χ2v) is 4.48. The highest BCUT2D eigenvalue weighted by Gasteiger charge is 2.22. The minimum atomic E-state index is -0.824. The van der Waals surface area contributed by atoms with Crippen LogP contribution in [0, 0.1) is 5.92 Å². The molecule has 1 fully saturated rings. The molecule has 0 atom stereocenters. The molecule has 0 bridgehead atoms. The van der Waals surface area contributed by atoms with Crippen molar-refractivity contribution in [3.8, 4) is 0 Å². The summed E-state index contributed by atoms with van der Waals surface area (Å²) in [5.74, 6) is -0.0335. The Bertz CT molecular complexity index is 249. The van der Waals surface area contributed by atoms with Gasteiger partial charge in [-0.15, -0.1) is 0 Å². The molecule has 0 heterocycles. The zero-order valence-corrected chi connectivity index (χ0v) is 9.95. The van der Waals surface area contributed by atoms with Crippen molar-refractivity contribution >= 4 is 11.9 Å². The summed E-state index contributed by atoms with van der Waals surface area (Å²) in [6, 6.07) is 0. The second kappa shape index (κ2) is 6.51. The van der Waals surface area contributed by atoms with E-state index in [0.29, 0.717) is 18.8 Å². The van der Waals surface area contributed by atoms with E-state index in [0.717, 1.165) is 13.1 Å². The Morgan fingerprint density at radius 2 is 2.00 bits per heavy atom. The van der Waals surface area contributed by atoms with E-state index in [-0.39, 0.29) is 12.3 Å². The molecule has 16 heavy (non-hydrogen) atoms. The van der Waals surface area contributed by atoms with E-state index >= 15 is 0 Å². The van der Waals surface area contributed by atoms with E-state index in [1.165, 1.54) is 19.3 Å². The van der Waals surface area contributed by atoms with Crippen LogP contribution in [0.4, 0.5) is 0 Å². The van der Waals surface area contributed by atoms with Crippen LogP contribution in [0.3, 0.4) is 0 Å². The highest BCUT2D eigenvalue weighted by molar-refractivity contribution is 5.77. The number of hydrogen-bond donors (Lipinski definition) is 1. The van der Waals surface area contributed by atoms with E-state index in [1.54, 1.807) is 0 Å². The van der Waals surface area contributed by atoms with Gasteiger partial charge in [0.1, 0.15) is 0 Å². The van der Waals surface area contributed by atoms with Gasteiger partial charge in [0.2, 0.25) is 5.91 Å². The first-order chi connectivity index (χ1) is 7.63. The molecular weight excluding hydrogens is 206 g/mol. The van der Waals surface area contributed by atoms with Crippen LogP contribution in [0.15, 0.2) is 0 Å². The highest BCUT2D eigenvalue weighted by Crippen LogP contribution is 2.27. The molecule has 0 spiro atoms. The van der Waals surface area contributed by atoms with E-state index in [2.05, 4.69) is 0 Å². The molecule has 1 aliphatic rings. The quantitative estimate of drug-likeness (QED) is 0.722. The monoisotopic (exact) mass is 227 g/mol. The molecule has 0 radical (unpaired) electrons. The van der Waals surface area contributed by atoms with Gasteiger partial charge in [0.05, 0.1) is 0 Å². The van der Waals surface area contributed by atoms with E-state index in [9.17, 15) is 9.59 Å². The molecule has 92 valence electrons. The van der Waals surface area contributed by atoms with Crippen molar-refractivity contribution in [3.05, 3.63) is 0 Å². The minimum absolute atomic E-state index is 0.0900. The Kier molecular flexibility index (Phi) is 5.29. The lowest BCUT2D eigenvalue weighted by atomic mass is 9.85. The molecule has 4 heteroatoms. The Morgan fingerprint density at radius 3 is 2.44 bits per heavy atom. The normalized spacial score (nSPS) is 15.6. The van der Waals surface area contributed by atoms with Crippen LogP contribution in [0.1, 0.15) is 45.4 Å². The lowest BCUT2D eigenvalue weighted by Crippen LogP contribution is -2.37. The molecule has 1 N–H and O–H groups in total. The zero-order chi connectivity index (χ0) is 12.0. The number of aliphatic carboxylic acids is 1. The predicted molar refractivity (Wildman–Crippen MR) is 61.1 cm³/mol. The molecule has 1 rings (SSSR count). The summed E-state index contributed by atoms with van der Waals surface area (Å²) in [7, 11) is 0. The first-order valence-corrected chi connectivity index (χ1v) is 6.13. The van der Waals surface area contributed by atoms with Crippen LogP contribution < -0.4 is 0 Å². The van der Waals surface area contributed by atoms with Gasteiger partial charge in [0.25, 0.3) is 0 Å². The molecule has 1 saturated carbocycles. The SMILES string of the molecule is CCN(CC1CCC1)C(=O)CCCC(=O)O. The standard InChI is InChI=1S/C12H21NO3/c1-2-13(9-10-5-3-6-10)11(14)7-4-8-12(15)16/h10H,2-9H2,1H3,(H,15,16). The van der Waals surface area contributed by atoms with Gasteiger partial charge in [0, 0.05) is 25.9 Å². The first-order valence-electron chi connectivity index (χ1n) is 6.13. The van der Waals surface area contributed by atoms with Gasteiger partial charge >= 0.3 is 5.97 Å². The Morgan fingerprint density at radius 1 is 1.31 bits per heavy atom. The number of amides is 1. The van der Waals surface area contributed by atoms with Crippen molar-refractivity contribution in [2.75, 3.05) is 13.1 Å². The lowest BCUT2D eigenvalue weighted by molar-refractivity contribution is -0.137. The van der Waals surface area contributed by atoms with Gasteiger partial charge in [-0.2, -0.15) is 0 Å². The molecule has 0 aromatic carbocycles. The maximum absolute atomic E-state index is 11.8. The summed E-state index contributed by atoms with van der Waals surface area (Å²) < 4.78 is 0. The predicted octanol–water partition coefficient (Wildman–Crippen LogP) is 1.89. The van der Waals surface area contributed by atoms with Crippen molar-refractivity contribution in [3.63, 3.8) is 0 Å². The van der Waals surface area contributed by atoms with Crippen LogP contribution in [-0.2, 0) is 9.59 Å². The van der Waals surface area contributed by atoms with Crippen LogP contribution in [-0.4, -0.2) is 35.0 Å². The fourth-order valence-corrected chi connectivity index (χ4v) is 1.94. The Balaban J connectivity index is 2.22. The van der Waals surface area contributed by atoms with Crippen LogP contribution in [0.5, 0.6) is 0 Å². The number of carboxylic acid groups (broad SMARTS) is 1. The van der Waals surface area contributed by atoms with Crippen molar-refractivity contribution < 1.29 is 14.7 Å². The third-order valence-corrected chi connectivity index (χ3v) is 3.22. The van der Waals surface area contributed by atoms with Gasteiger partial charge in [-0.3, -0.25) is 9.59 Å². The molecule has 0 aliphatic heterocycles. The topological polar surface area (TPSA) is 57.6 Å². The fraction of sp³-hybridized carbons (Fsp3) is 0.833. The van der Waals surface area contributed by atoms with Gasteiger partial charge in [-0.1, -0.05) is 6.42 Å². The number of carbonyl (C=O) groups excluding carboxylic acids is 1. The second-order valence-electron chi connectivity index (χ2n) is 4.48. The van der Waals surface area contributed by atoms with Gasteiger partial charge in [-0.25, -0.2) is 0 Å². The summed E-state index contributed by atoms with van der Waals surface area (Å²) >= 11 is 0. The van der Waals surface area contributed by atoms with Gasteiger partial charge < -0.3 is 10.0 Å². The smallest absolute Gasteiger partial charge is 0.303 e. The Hall–Kier alpha value is -1.06. The average molecular weight is 227 g/mol. The first kappa shape index (κ1) is 13.0. The van der Waals surface area contributed by atoms with Crippen LogP contribution in [0.25, 0.3) is 0 Å². The van der Waals surface area contributed by atoms with Crippen molar-refractivity contribution in [2.24, 2.45) is 5.92 Å². The molecule has 4 nitrogen and oxygen atoms in total. The molecule has 0 aromatic heterocycles. The van der Waals surface area contributed by atoms with E-state index in [1.807, 2.05) is 11.8 Å². The fourth-order valence-electron chi connectivity index (χ4n) is 1.94. The average Bonchev–Trinajstić information content (AvgIpc) is 2.15. The number of nitrogens with zero attached hydrogens (tertiary/aromatic N) is 1. The third-order valence-electron chi connectivity index (χ3n) is 3.22. The van der Waals surface area contributed by atoms with Crippen molar-refractivity contribution in [1.29, 1.82) is 0 Å². The van der Waals surface area contributed by atoms with E-state index < -0.39 is 5.97 Å². The number of rotatable bonds is 7. The van der Waals surface area contributed by atoms with Crippen LogP contribution in [0.2, 0.25) is 0 Å². The third kappa shape index (κ3) is 4.21. The van der Waals surface area contributed by atoms with Gasteiger partial charge in [-0.05, 0) is 32.1 Å². The summed E-state index contributed by atoms with van der Waals surface area (Å²) in [6.45, 7) is 3.58. The number of hydrogen-bond acceptors (Lipinski definition) is 2. The molecular formula is C12H21NO3.